The Morgan fingerprint density at radius 2 is 2.31 bits per heavy atom. The number of methoxy groups -OCH3 is 1. The van der Waals surface area contributed by atoms with Crippen molar-refractivity contribution in [2.24, 2.45) is 0 Å². The van der Waals surface area contributed by atoms with Crippen LogP contribution in [0.5, 0.6) is 0 Å². The van der Waals surface area contributed by atoms with E-state index in [1.807, 2.05) is 7.11 Å². The van der Waals surface area contributed by atoms with Gasteiger partial charge in [0, 0.05) is 18.7 Å². The van der Waals surface area contributed by atoms with Crippen molar-refractivity contribution in [3.63, 3.8) is 0 Å². The molecule has 2 fully saturated rings. The third-order valence-corrected chi connectivity index (χ3v) is 4.28. The van der Waals surface area contributed by atoms with Crippen LogP contribution in [0.2, 0.25) is 0 Å². The minimum Gasteiger partial charge on any atom is -0.383 e. The molecule has 94 valence electrons. The van der Waals surface area contributed by atoms with Crippen LogP contribution in [0.15, 0.2) is 0 Å². The molecular weight excluding hydrogens is 200 g/mol. The van der Waals surface area contributed by atoms with Gasteiger partial charge in [0.25, 0.3) is 0 Å². The maximum Gasteiger partial charge on any atom is 0.0645 e. The van der Waals surface area contributed by atoms with Crippen LogP contribution in [0.4, 0.5) is 0 Å². The summed E-state index contributed by atoms with van der Waals surface area (Å²) in [5.41, 5.74) is 0.275. The summed E-state index contributed by atoms with van der Waals surface area (Å²) in [5.74, 6) is 0. The fourth-order valence-corrected chi connectivity index (χ4v) is 3.50. The summed E-state index contributed by atoms with van der Waals surface area (Å²) in [6, 6.07) is 0.783. The molecule has 2 heterocycles. The molecule has 0 amide bonds. The molecule has 2 saturated heterocycles. The zero-order valence-electron chi connectivity index (χ0n) is 10.8. The summed E-state index contributed by atoms with van der Waals surface area (Å²) < 4.78 is 5.43. The third kappa shape index (κ3) is 2.58. The number of rotatable bonds is 5. The molecule has 16 heavy (non-hydrogen) atoms. The molecule has 0 aliphatic carbocycles. The highest BCUT2D eigenvalue weighted by atomic mass is 16.5. The second kappa shape index (κ2) is 5.48. The Kier molecular flexibility index (Phi) is 4.22. The quantitative estimate of drug-likeness (QED) is 0.771. The molecule has 2 atom stereocenters. The van der Waals surface area contributed by atoms with Crippen molar-refractivity contribution >= 4 is 0 Å². The lowest BCUT2D eigenvalue weighted by molar-refractivity contribution is 0.0932. The molecule has 0 radical (unpaired) electrons. The Hall–Kier alpha value is -0.120. The van der Waals surface area contributed by atoms with Crippen molar-refractivity contribution in [2.75, 3.05) is 33.4 Å². The number of hydrogen-bond acceptors (Lipinski definition) is 3. The first-order valence-electron chi connectivity index (χ1n) is 6.78. The Balaban J connectivity index is 1.94. The maximum absolute atomic E-state index is 5.43. The summed E-state index contributed by atoms with van der Waals surface area (Å²) in [4.78, 5) is 2.64. The average molecular weight is 226 g/mol. The lowest BCUT2D eigenvalue weighted by Crippen LogP contribution is -2.48. The first-order valence-corrected chi connectivity index (χ1v) is 6.78. The Bertz CT molecular complexity index is 214. The van der Waals surface area contributed by atoms with Crippen molar-refractivity contribution in [1.82, 2.24) is 10.2 Å². The van der Waals surface area contributed by atoms with Gasteiger partial charge in [0.2, 0.25) is 0 Å². The summed E-state index contributed by atoms with van der Waals surface area (Å²) >= 11 is 0. The van der Waals surface area contributed by atoms with E-state index in [1.54, 1.807) is 0 Å². The molecule has 0 aromatic heterocycles. The predicted molar refractivity (Wildman–Crippen MR) is 66.7 cm³/mol. The molecule has 0 aromatic rings. The zero-order valence-corrected chi connectivity index (χ0v) is 10.8. The lowest BCUT2D eigenvalue weighted by atomic mass is 9.89. The molecule has 3 nitrogen and oxygen atoms in total. The van der Waals surface area contributed by atoms with Crippen molar-refractivity contribution in [1.29, 1.82) is 0 Å². The predicted octanol–water partition coefficient (Wildman–Crippen LogP) is 1.63. The van der Waals surface area contributed by atoms with Crippen molar-refractivity contribution in [3.8, 4) is 0 Å². The Labute approximate surface area is 99.5 Å². The number of nitrogens with zero attached hydrogens (tertiary/aromatic N) is 1. The largest absolute Gasteiger partial charge is 0.383 e. The van der Waals surface area contributed by atoms with Crippen LogP contribution in [-0.2, 0) is 4.74 Å². The van der Waals surface area contributed by atoms with Gasteiger partial charge in [-0.2, -0.15) is 0 Å². The smallest absolute Gasteiger partial charge is 0.0645 e. The molecule has 2 unspecified atom stereocenters. The number of hydrogen-bond donors (Lipinski definition) is 1. The van der Waals surface area contributed by atoms with Gasteiger partial charge in [-0.05, 0) is 51.7 Å². The monoisotopic (exact) mass is 226 g/mol. The normalized spacial score (nSPS) is 36.0. The molecule has 0 saturated carbocycles. The lowest BCUT2D eigenvalue weighted by Gasteiger charge is -2.34. The summed E-state index contributed by atoms with van der Waals surface area (Å²) in [5, 5.41) is 3.69. The molecule has 3 heteroatoms. The van der Waals surface area contributed by atoms with Crippen molar-refractivity contribution in [3.05, 3.63) is 0 Å². The zero-order chi connectivity index (χ0) is 11.4. The van der Waals surface area contributed by atoms with Gasteiger partial charge in [0.15, 0.2) is 0 Å². The highest BCUT2D eigenvalue weighted by Crippen LogP contribution is 2.30. The van der Waals surface area contributed by atoms with Crippen LogP contribution >= 0.6 is 0 Å². The van der Waals surface area contributed by atoms with Gasteiger partial charge in [-0.1, -0.05) is 6.92 Å². The van der Waals surface area contributed by atoms with Gasteiger partial charge in [-0.3, -0.25) is 0 Å². The van der Waals surface area contributed by atoms with Gasteiger partial charge in [-0.25, -0.2) is 0 Å². The Morgan fingerprint density at radius 1 is 1.44 bits per heavy atom. The second-order valence-corrected chi connectivity index (χ2v) is 5.37. The Morgan fingerprint density at radius 3 is 2.94 bits per heavy atom. The number of likely N-dealkylation sites (tertiary alicyclic amines) is 1. The molecule has 1 N–H and O–H groups in total. The second-order valence-electron chi connectivity index (χ2n) is 5.37. The van der Waals surface area contributed by atoms with E-state index in [1.165, 1.54) is 51.7 Å². The SMILES string of the molecule is CCN1CCCC1CC1(COC)CCCN1. The van der Waals surface area contributed by atoms with Gasteiger partial charge in [0.05, 0.1) is 6.61 Å². The van der Waals surface area contributed by atoms with E-state index in [4.69, 9.17) is 4.74 Å². The highest BCUT2D eigenvalue weighted by molar-refractivity contribution is 4.97. The standard InChI is InChI=1S/C13H26N2O/c1-3-15-9-4-6-12(15)10-13(11-16-2)7-5-8-14-13/h12,14H,3-11H2,1-2H3. The van der Waals surface area contributed by atoms with Gasteiger partial charge in [-0.15, -0.1) is 0 Å². The average Bonchev–Trinajstić information content (AvgIpc) is 2.89. The van der Waals surface area contributed by atoms with Crippen LogP contribution in [0.25, 0.3) is 0 Å². The van der Waals surface area contributed by atoms with Gasteiger partial charge in [0.1, 0.15) is 0 Å². The fraction of sp³-hybridized carbons (Fsp3) is 1.00. The minimum atomic E-state index is 0.275. The van der Waals surface area contributed by atoms with E-state index in [0.717, 1.165) is 12.6 Å². The van der Waals surface area contributed by atoms with Gasteiger partial charge < -0.3 is 15.0 Å². The third-order valence-electron chi connectivity index (χ3n) is 4.28. The van der Waals surface area contributed by atoms with Crippen LogP contribution in [0.3, 0.4) is 0 Å². The van der Waals surface area contributed by atoms with Crippen LogP contribution in [-0.4, -0.2) is 49.8 Å². The maximum atomic E-state index is 5.43. The summed E-state index contributed by atoms with van der Waals surface area (Å²) in [6.45, 7) is 6.82. The van der Waals surface area contributed by atoms with E-state index in [0.29, 0.717) is 0 Å². The van der Waals surface area contributed by atoms with E-state index in [-0.39, 0.29) is 5.54 Å². The molecule has 0 bridgehead atoms. The van der Waals surface area contributed by atoms with Crippen LogP contribution < -0.4 is 5.32 Å². The van der Waals surface area contributed by atoms with Crippen LogP contribution in [0.1, 0.15) is 39.0 Å². The van der Waals surface area contributed by atoms with E-state index in [9.17, 15) is 0 Å². The van der Waals surface area contributed by atoms with Crippen molar-refractivity contribution < 1.29 is 4.74 Å². The molecule has 0 spiro atoms. The molecule has 2 rings (SSSR count). The molecular formula is C13H26N2O. The number of nitrogens with one attached hydrogen (secondary N) is 1. The van der Waals surface area contributed by atoms with Crippen molar-refractivity contribution in [2.45, 2.75) is 50.6 Å². The topological polar surface area (TPSA) is 24.5 Å². The molecule has 2 aliphatic heterocycles. The van der Waals surface area contributed by atoms with Crippen LogP contribution in [0, 0.1) is 0 Å². The molecule has 0 aromatic carbocycles. The fourth-order valence-electron chi connectivity index (χ4n) is 3.50. The number of ether oxygens (including phenoxy) is 1. The first kappa shape index (κ1) is 12.3. The van der Waals surface area contributed by atoms with Gasteiger partial charge >= 0.3 is 0 Å². The minimum absolute atomic E-state index is 0.275. The first-order chi connectivity index (χ1) is 7.79. The van der Waals surface area contributed by atoms with E-state index in [2.05, 4.69) is 17.1 Å². The summed E-state index contributed by atoms with van der Waals surface area (Å²) in [7, 11) is 1.83. The summed E-state index contributed by atoms with van der Waals surface area (Å²) in [6.07, 6.45) is 6.62. The highest BCUT2D eigenvalue weighted by Gasteiger charge is 2.38. The van der Waals surface area contributed by atoms with E-state index < -0.39 is 0 Å². The molecule has 2 aliphatic rings. The van der Waals surface area contributed by atoms with E-state index >= 15 is 0 Å².